The molecule has 0 bridgehead atoms. The number of rotatable bonds is 5. The van der Waals surface area contributed by atoms with E-state index in [9.17, 15) is 0 Å². The molecule has 18 heavy (non-hydrogen) atoms. The number of thiazole rings is 1. The predicted octanol–water partition coefficient (Wildman–Crippen LogP) is 2.92. The number of aromatic nitrogens is 1. The van der Waals surface area contributed by atoms with Gasteiger partial charge in [0.1, 0.15) is 10.8 Å². The molecule has 1 heterocycles. The van der Waals surface area contributed by atoms with Gasteiger partial charge in [-0.15, -0.1) is 11.3 Å². The number of benzene rings is 1. The maximum absolute atomic E-state index is 8.94. The Morgan fingerprint density at radius 2 is 2.22 bits per heavy atom. The topological polar surface area (TPSA) is 42.4 Å². The minimum Gasteiger partial charge on any atom is -0.496 e. The zero-order chi connectivity index (χ0) is 13.0. The van der Waals surface area contributed by atoms with E-state index < -0.39 is 0 Å². The van der Waals surface area contributed by atoms with Crippen LogP contribution in [0.1, 0.15) is 17.4 Å². The van der Waals surface area contributed by atoms with Gasteiger partial charge in [-0.2, -0.15) is 0 Å². The number of hydrogen-bond donors (Lipinski definition) is 1. The van der Waals surface area contributed by atoms with E-state index in [-0.39, 0.29) is 6.61 Å². The average molecular weight is 263 g/mol. The molecule has 0 aliphatic carbocycles. The number of hydrogen-bond acceptors (Lipinski definition) is 4. The number of nitrogens with zero attached hydrogens (tertiary/aromatic N) is 1. The first-order valence-corrected chi connectivity index (χ1v) is 6.83. The van der Waals surface area contributed by atoms with Crippen LogP contribution in [-0.2, 0) is 12.8 Å². The molecule has 0 aliphatic rings. The van der Waals surface area contributed by atoms with Crippen LogP contribution in [-0.4, -0.2) is 23.8 Å². The molecule has 0 unspecified atom stereocenters. The van der Waals surface area contributed by atoms with Crippen LogP contribution in [0.25, 0.3) is 10.6 Å². The first-order chi connectivity index (χ1) is 8.78. The number of aryl methyl sites for hydroxylation is 1. The Balaban J connectivity index is 2.40. The first-order valence-electron chi connectivity index (χ1n) is 6.01. The molecular weight excluding hydrogens is 246 g/mol. The molecule has 4 heteroatoms. The second-order valence-corrected chi connectivity index (χ2v) is 5.11. The first kappa shape index (κ1) is 13.1. The van der Waals surface area contributed by atoms with Crippen LogP contribution < -0.4 is 4.74 Å². The van der Waals surface area contributed by atoms with Gasteiger partial charge in [0.2, 0.25) is 0 Å². The van der Waals surface area contributed by atoms with Crippen LogP contribution in [0.3, 0.4) is 0 Å². The van der Waals surface area contributed by atoms with E-state index in [1.807, 2.05) is 12.3 Å². The molecule has 0 radical (unpaired) electrons. The van der Waals surface area contributed by atoms with E-state index in [1.165, 1.54) is 5.56 Å². The van der Waals surface area contributed by atoms with Crippen molar-refractivity contribution in [1.82, 2.24) is 4.98 Å². The second-order valence-electron chi connectivity index (χ2n) is 3.99. The number of aliphatic hydroxyl groups excluding tert-OH is 1. The Kier molecular flexibility index (Phi) is 4.33. The summed E-state index contributed by atoms with van der Waals surface area (Å²) in [4.78, 5) is 5.51. The van der Waals surface area contributed by atoms with Crippen molar-refractivity contribution in [2.45, 2.75) is 19.8 Å². The average Bonchev–Trinajstić information content (AvgIpc) is 2.87. The molecule has 0 atom stereocenters. The lowest BCUT2D eigenvalue weighted by Crippen LogP contribution is -1.89. The normalized spacial score (nSPS) is 10.6. The van der Waals surface area contributed by atoms with Crippen molar-refractivity contribution in [2.75, 3.05) is 13.7 Å². The summed E-state index contributed by atoms with van der Waals surface area (Å²) in [5.74, 6) is 0.845. The molecule has 0 amide bonds. The van der Waals surface area contributed by atoms with E-state index in [0.29, 0.717) is 6.42 Å². The Morgan fingerprint density at radius 1 is 1.39 bits per heavy atom. The lowest BCUT2D eigenvalue weighted by Gasteiger charge is -2.07. The zero-order valence-electron chi connectivity index (χ0n) is 10.6. The molecule has 1 aromatic carbocycles. The van der Waals surface area contributed by atoms with Gasteiger partial charge >= 0.3 is 0 Å². The van der Waals surface area contributed by atoms with E-state index in [4.69, 9.17) is 9.84 Å². The number of aliphatic hydroxyl groups is 1. The summed E-state index contributed by atoms with van der Waals surface area (Å²) in [7, 11) is 1.67. The van der Waals surface area contributed by atoms with Gasteiger partial charge in [-0.25, -0.2) is 4.98 Å². The van der Waals surface area contributed by atoms with Gasteiger partial charge in [0.25, 0.3) is 0 Å². The van der Waals surface area contributed by atoms with Gasteiger partial charge in [-0.05, 0) is 24.1 Å². The molecule has 2 aromatic rings. The minimum atomic E-state index is 0.160. The van der Waals surface area contributed by atoms with Crippen LogP contribution in [0.2, 0.25) is 0 Å². The van der Waals surface area contributed by atoms with Crippen LogP contribution in [0.4, 0.5) is 0 Å². The molecule has 3 nitrogen and oxygen atoms in total. The Bertz CT molecular complexity index is 522. The SMILES string of the molecule is CCc1ccc(OC)c(-c2ncc(CCO)s2)c1. The van der Waals surface area contributed by atoms with Crippen molar-refractivity contribution in [1.29, 1.82) is 0 Å². The van der Waals surface area contributed by atoms with Crippen LogP contribution in [0, 0.1) is 0 Å². The number of methoxy groups -OCH3 is 1. The van der Waals surface area contributed by atoms with E-state index >= 15 is 0 Å². The smallest absolute Gasteiger partial charge is 0.129 e. The molecule has 0 saturated heterocycles. The van der Waals surface area contributed by atoms with E-state index in [0.717, 1.165) is 27.6 Å². The van der Waals surface area contributed by atoms with E-state index in [1.54, 1.807) is 18.4 Å². The summed E-state index contributed by atoms with van der Waals surface area (Å²) >= 11 is 1.61. The van der Waals surface area contributed by atoms with Gasteiger partial charge in [0, 0.05) is 24.1 Å². The second kappa shape index (κ2) is 5.98. The quantitative estimate of drug-likeness (QED) is 0.902. The van der Waals surface area contributed by atoms with Crippen molar-refractivity contribution < 1.29 is 9.84 Å². The Morgan fingerprint density at radius 3 is 2.89 bits per heavy atom. The summed E-state index contributed by atoms with van der Waals surface area (Å²) in [6, 6.07) is 6.19. The van der Waals surface area contributed by atoms with Gasteiger partial charge in [0.05, 0.1) is 12.7 Å². The lowest BCUT2D eigenvalue weighted by atomic mass is 10.1. The highest BCUT2D eigenvalue weighted by atomic mass is 32.1. The summed E-state index contributed by atoms with van der Waals surface area (Å²) in [6.45, 7) is 2.29. The monoisotopic (exact) mass is 263 g/mol. The Labute approximate surface area is 111 Å². The summed E-state index contributed by atoms with van der Waals surface area (Å²) in [5.41, 5.74) is 2.30. The van der Waals surface area contributed by atoms with Gasteiger partial charge in [0.15, 0.2) is 0 Å². The summed E-state index contributed by atoms with van der Waals surface area (Å²) in [5, 5.41) is 9.89. The maximum atomic E-state index is 8.94. The highest BCUT2D eigenvalue weighted by Crippen LogP contribution is 2.34. The van der Waals surface area contributed by atoms with Crippen molar-refractivity contribution in [3.8, 4) is 16.3 Å². The van der Waals surface area contributed by atoms with Crippen molar-refractivity contribution in [3.63, 3.8) is 0 Å². The molecular formula is C14H17NO2S. The van der Waals surface area contributed by atoms with Crippen molar-refractivity contribution >= 4 is 11.3 Å². The molecule has 0 fully saturated rings. The molecule has 0 spiro atoms. The van der Waals surface area contributed by atoms with E-state index in [2.05, 4.69) is 24.0 Å². The molecule has 2 rings (SSSR count). The lowest BCUT2D eigenvalue weighted by molar-refractivity contribution is 0.300. The number of ether oxygens (including phenoxy) is 1. The van der Waals surface area contributed by atoms with Gasteiger partial charge in [-0.1, -0.05) is 13.0 Å². The zero-order valence-corrected chi connectivity index (χ0v) is 11.5. The maximum Gasteiger partial charge on any atom is 0.129 e. The largest absolute Gasteiger partial charge is 0.496 e. The molecule has 0 aliphatic heterocycles. The highest BCUT2D eigenvalue weighted by Gasteiger charge is 2.11. The molecule has 1 aromatic heterocycles. The third-order valence-corrected chi connectivity index (χ3v) is 3.90. The molecule has 96 valence electrons. The standard InChI is InChI=1S/C14H17NO2S/c1-3-10-4-5-13(17-2)12(8-10)14-15-9-11(18-14)6-7-16/h4-5,8-9,16H,3,6-7H2,1-2H3. The summed E-state index contributed by atoms with van der Waals surface area (Å²) < 4.78 is 5.39. The van der Waals surface area contributed by atoms with Crippen LogP contribution in [0.15, 0.2) is 24.4 Å². The minimum absolute atomic E-state index is 0.160. The van der Waals surface area contributed by atoms with Gasteiger partial charge in [-0.3, -0.25) is 0 Å². The third kappa shape index (κ3) is 2.71. The molecule has 0 saturated carbocycles. The molecule has 1 N–H and O–H groups in total. The fraction of sp³-hybridized carbons (Fsp3) is 0.357. The fourth-order valence-corrected chi connectivity index (χ4v) is 2.72. The fourth-order valence-electron chi connectivity index (χ4n) is 1.80. The summed E-state index contributed by atoms with van der Waals surface area (Å²) in [6.07, 6.45) is 3.48. The third-order valence-electron chi connectivity index (χ3n) is 2.81. The van der Waals surface area contributed by atoms with Crippen molar-refractivity contribution in [2.24, 2.45) is 0 Å². The van der Waals surface area contributed by atoms with Crippen molar-refractivity contribution in [3.05, 3.63) is 34.8 Å². The van der Waals surface area contributed by atoms with Gasteiger partial charge < -0.3 is 9.84 Å². The highest BCUT2D eigenvalue weighted by molar-refractivity contribution is 7.15. The predicted molar refractivity (Wildman–Crippen MR) is 74.3 cm³/mol. The Hall–Kier alpha value is -1.39. The van der Waals surface area contributed by atoms with Crippen LogP contribution in [0.5, 0.6) is 5.75 Å². The van der Waals surface area contributed by atoms with Crippen LogP contribution >= 0.6 is 11.3 Å².